The minimum absolute atomic E-state index is 0.0898. The van der Waals surface area contributed by atoms with Gasteiger partial charge in [0.1, 0.15) is 0 Å². The van der Waals surface area contributed by atoms with E-state index >= 15 is 0 Å². The summed E-state index contributed by atoms with van der Waals surface area (Å²) in [5.74, 6) is -0.189. The lowest BCUT2D eigenvalue weighted by Crippen LogP contribution is -2.54. The fourth-order valence-electron chi connectivity index (χ4n) is 3.09. The molecule has 0 spiro atoms. The van der Waals surface area contributed by atoms with Crippen molar-refractivity contribution in [2.24, 2.45) is 5.73 Å². The van der Waals surface area contributed by atoms with E-state index in [9.17, 15) is 9.59 Å². The van der Waals surface area contributed by atoms with Crippen LogP contribution >= 0.6 is 0 Å². The molecule has 6 heteroatoms. The predicted octanol–water partition coefficient (Wildman–Crippen LogP) is 1.26. The monoisotopic (exact) mass is 346 g/mol. The summed E-state index contributed by atoms with van der Waals surface area (Å²) < 4.78 is 0. The average Bonchev–Trinajstić information content (AvgIpc) is 2.60. The van der Waals surface area contributed by atoms with Crippen molar-refractivity contribution in [3.8, 4) is 0 Å². The van der Waals surface area contributed by atoms with Crippen molar-refractivity contribution in [2.75, 3.05) is 27.2 Å². The number of hydrogen-bond donors (Lipinski definition) is 3. The number of nitrogens with one attached hydrogen (secondary N) is 2. The van der Waals surface area contributed by atoms with Crippen LogP contribution < -0.4 is 16.4 Å². The van der Waals surface area contributed by atoms with Gasteiger partial charge in [0.25, 0.3) is 5.91 Å². The lowest BCUT2D eigenvalue weighted by molar-refractivity contribution is -0.127. The molecule has 0 atom stereocenters. The molecule has 138 valence electrons. The second kappa shape index (κ2) is 8.97. The first-order chi connectivity index (χ1) is 11.9. The molecule has 6 nitrogen and oxygen atoms in total. The molecular weight excluding hydrogens is 316 g/mol. The summed E-state index contributed by atoms with van der Waals surface area (Å²) in [6, 6.07) is 7.33. The molecule has 25 heavy (non-hydrogen) atoms. The summed E-state index contributed by atoms with van der Waals surface area (Å²) in [5, 5.41) is 5.82. The van der Waals surface area contributed by atoms with Gasteiger partial charge in [0.15, 0.2) is 0 Å². The number of benzene rings is 1. The van der Waals surface area contributed by atoms with E-state index in [4.69, 9.17) is 5.73 Å². The summed E-state index contributed by atoms with van der Waals surface area (Å²) in [7, 11) is 3.93. The molecule has 0 saturated heterocycles. The number of nitrogens with two attached hydrogens (primary N) is 1. The van der Waals surface area contributed by atoms with E-state index in [2.05, 4.69) is 10.6 Å². The van der Waals surface area contributed by atoms with Crippen LogP contribution in [0.1, 0.15) is 48.0 Å². The minimum Gasteiger partial charge on any atom is -0.351 e. The van der Waals surface area contributed by atoms with E-state index in [-0.39, 0.29) is 11.8 Å². The standard InChI is InChI=1S/C19H30N4O2/c1-23(2)12-11-21-17(24)16-8-6-7-15(13-16)14-22-18(25)19(20)9-4-3-5-10-19/h6-8,13H,3-5,9-12,14,20H2,1-2H3,(H,21,24)(H,22,25). The van der Waals surface area contributed by atoms with Crippen molar-refractivity contribution < 1.29 is 9.59 Å². The first-order valence-corrected chi connectivity index (χ1v) is 9.00. The van der Waals surface area contributed by atoms with Gasteiger partial charge < -0.3 is 21.3 Å². The van der Waals surface area contributed by atoms with Crippen molar-refractivity contribution in [1.29, 1.82) is 0 Å². The average molecular weight is 346 g/mol. The van der Waals surface area contributed by atoms with Gasteiger partial charge >= 0.3 is 0 Å². The van der Waals surface area contributed by atoms with Crippen LogP contribution in [0.5, 0.6) is 0 Å². The van der Waals surface area contributed by atoms with Gasteiger partial charge in [-0.15, -0.1) is 0 Å². The third-order valence-electron chi connectivity index (χ3n) is 4.68. The van der Waals surface area contributed by atoms with Crippen LogP contribution in [0, 0.1) is 0 Å². The second-order valence-corrected chi connectivity index (χ2v) is 7.16. The van der Waals surface area contributed by atoms with Gasteiger partial charge in [0.05, 0.1) is 5.54 Å². The third kappa shape index (κ3) is 5.83. The highest BCUT2D eigenvalue weighted by Gasteiger charge is 2.34. The molecule has 1 aromatic carbocycles. The van der Waals surface area contributed by atoms with Crippen LogP contribution in [0.2, 0.25) is 0 Å². The topological polar surface area (TPSA) is 87.5 Å². The molecule has 1 aliphatic rings. The molecule has 0 heterocycles. The fourth-order valence-corrected chi connectivity index (χ4v) is 3.09. The maximum atomic E-state index is 12.4. The zero-order valence-electron chi connectivity index (χ0n) is 15.3. The Kier molecular flexibility index (Phi) is 6.96. The highest BCUT2D eigenvalue weighted by atomic mass is 16.2. The largest absolute Gasteiger partial charge is 0.351 e. The third-order valence-corrected chi connectivity index (χ3v) is 4.68. The quantitative estimate of drug-likeness (QED) is 0.693. The number of rotatable bonds is 7. The number of carbonyl (C=O) groups excluding carboxylic acids is 2. The molecule has 2 rings (SSSR count). The van der Waals surface area contributed by atoms with Crippen LogP contribution in [0.3, 0.4) is 0 Å². The predicted molar refractivity (Wildman–Crippen MR) is 99.2 cm³/mol. The summed E-state index contributed by atoms with van der Waals surface area (Å²) in [5.41, 5.74) is 7.01. The molecule has 1 fully saturated rings. The van der Waals surface area contributed by atoms with Crippen molar-refractivity contribution in [3.05, 3.63) is 35.4 Å². The maximum absolute atomic E-state index is 12.4. The van der Waals surface area contributed by atoms with Crippen LogP contribution in [-0.4, -0.2) is 49.4 Å². The molecule has 0 unspecified atom stereocenters. The summed E-state index contributed by atoms with van der Waals surface area (Å²) >= 11 is 0. The van der Waals surface area contributed by atoms with E-state index in [0.717, 1.165) is 44.2 Å². The Hall–Kier alpha value is -1.92. The highest BCUT2D eigenvalue weighted by Crippen LogP contribution is 2.26. The molecule has 0 bridgehead atoms. The first-order valence-electron chi connectivity index (χ1n) is 9.00. The van der Waals surface area contributed by atoms with Gasteiger partial charge in [-0.3, -0.25) is 9.59 Å². The first kappa shape index (κ1) is 19.4. The Morgan fingerprint density at radius 2 is 1.88 bits per heavy atom. The molecule has 2 amide bonds. The Labute approximate surface area is 150 Å². The van der Waals surface area contributed by atoms with Crippen LogP contribution in [0.15, 0.2) is 24.3 Å². The van der Waals surface area contributed by atoms with E-state index in [0.29, 0.717) is 18.7 Å². The molecular formula is C19H30N4O2. The van der Waals surface area contributed by atoms with Crippen LogP contribution in [0.4, 0.5) is 0 Å². The van der Waals surface area contributed by atoms with Crippen molar-refractivity contribution in [2.45, 2.75) is 44.2 Å². The van der Waals surface area contributed by atoms with Gasteiger partial charge in [-0.25, -0.2) is 0 Å². The van der Waals surface area contributed by atoms with E-state index in [1.807, 2.05) is 37.2 Å². The van der Waals surface area contributed by atoms with E-state index in [1.54, 1.807) is 6.07 Å². The molecule has 1 aliphatic carbocycles. The fraction of sp³-hybridized carbons (Fsp3) is 0.579. The zero-order chi connectivity index (χ0) is 18.3. The summed E-state index contributed by atoms with van der Waals surface area (Å²) in [6.07, 6.45) is 4.65. The molecule has 1 saturated carbocycles. The lowest BCUT2D eigenvalue weighted by Gasteiger charge is -2.31. The number of amides is 2. The SMILES string of the molecule is CN(C)CCNC(=O)c1cccc(CNC(=O)C2(N)CCCCC2)c1. The molecule has 0 radical (unpaired) electrons. The second-order valence-electron chi connectivity index (χ2n) is 7.16. The Morgan fingerprint density at radius 3 is 2.56 bits per heavy atom. The highest BCUT2D eigenvalue weighted by molar-refractivity contribution is 5.94. The van der Waals surface area contributed by atoms with Crippen molar-refractivity contribution in [3.63, 3.8) is 0 Å². The van der Waals surface area contributed by atoms with Gasteiger partial charge in [-0.05, 0) is 44.6 Å². The van der Waals surface area contributed by atoms with Gasteiger partial charge in [0, 0.05) is 25.2 Å². The van der Waals surface area contributed by atoms with E-state index in [1.165, 1.54) is 0 Å². The summed E-state index contributed by atoms with van der Waals surface area (Å²) in [4.78, 5) is 26.6. The normalized spacial score (nSPS) is 16.5. The zero-order valence-corrected chi connectivity index (χ0v) is 15.3. The Bertz CT molecular complexity index is 595. The molecule has 4 N–H and O–H groups in total. The van der Waals surface area contributed by atoms with Crippen LogP contribution in [-0.2, 0) is 11.3 Å². The smallest absolute Gasteiger partial charge is 0.251 e. The van der Waals surface area contributed by atoms with Crippen molar-refractivity contribution in [1.82, 2.24) is 15.5 Å². The van der Waals surface area contributed by atoms with Gasteiger partial charge in [-0.1, -0.05) is 31.4 Å². The number of nitrogens with zero attached hydrogens (tertiary/aromatic N) is 1. The van der Waals surface area contributed by atoms with Crippen LogP contribution in [0.25, 0.3) is 0 Å². The number of carbonyl (C=O) groups is 2. The molecule has 1 aromatic rings. The number of likely N-dealkylation sites (N-methyl/N-ethyl adjacent to an activating group) is 1. The van der Waals surface area contributed by atoms with Crippen molar-refractivity contribution >= 4 is 11.8 Å². The minimum atomic E-state index is -0.737. The molecule has 0 aliphatic heterocycles. The van der Waals surface area contributed by atoms with Gasteiger partial charge in [-0.2, -0.15) is 0 Å². The van der Waals surface area contributed by atoms with Gasteiger partial charge in [0.2, 0.25) is 5.91 Å². The van der Waals surface area contributed by atoms with E-state index < -0.39 is 5.54 Å². The maximum Gasteiger partial charge on any atom is 0.251 e. The summed E-state index contributed by atoms with van der Waals surface area (Å²) in [6.45, 7) is 1.78. The lowest BCUT2D eigenvalue weighted by atomic mass is 9.82. The number of hydrogen-bond acceptors (Lipinski definition) is 4. The molecule has 0 aromatic heterocycles. The Morgan fingerprint density at radius 1 is 1.16 bits per heavy atom. The Balaban J connectivity index is 1.88.